The maximum absolute atomic E-state index is 14.8. The highest BCUT2D eigenvalue weighted by Gasteiger charge is 2.17. The Labute approximate surface area is 200 Å². The molecule has 34 heavy (non-hydrogen) atoms. The summed E-state index contributed by atoms with van der Waals surface area (Å²) in [4.78, 5) is 9.32. The molecule has 0 spiro atoms. The van der Waals surface area contributed by atoms with E-state index < -0.39 is 5.82 Å². The molecule has 1 atom stereocenters. The lowest BCUT2D eigenvalue weighted by atomic mass is 9.91. The first-order valence-electron chi connectivity index (χ1n) is 11.1. The number of benzene rings is 2. The van der Waals surface area contributed by atoms with Gasteiger partial charge < -0.3 is 11.1 Å². The van der Waals surface area contributed by atoms with Gasteiger partial charge in [-0.1, -0.05) is 54.6 Å². The molecule has 3 N–H and O–H groups in total. The van der Waals surface area contributed by atoms with Crippen LogP contribution < -0.4 is 11.1 Å². The third-order valence-corrected chi connectivity index (χ3v) is 6.94. The number of hydrogen-bond acceptors (Lipinski definition) is 7. The van der Waals surface area contributed by atoms with E-state index in [-0.39, 0.29) is 11.6 Å². The van der Waals surface area contributed by atoms with Gasteiger partial charge in [-0.25, -0.2) is 14.4 Å². The SMILES string of the molecule is CC(CN)c1ccccc1-c1cccc2cc(-c3nc(NCCn4ccnn4)ncc3F)sc12. The molecule has 0 aliphatic heterocycles. The number of thiophene rings is 1. The highest BCUT2D eigenvalue weighted by atomic mass is 32.1. The second-order valence-electron chi connectivity index (χ2n) is 8.04. The molecule has 0 aliphatic carbocycles. The van der Waals surface area contributed by atoms with Gasteiger partial charge in [-0.05, 0) is 40.6 Å². The zero-order valence-corrected chi connectivity index (χ0v) is 19.5. The minimum Gasteiger partial charge on any atom is -0.352 e. The number of hydrogen-bond donors (Lipinski definition) is 2. The zero-order valence-electron chi connectivity index (χ0n) is 18.6. The molecule has 5 aromatic rings. The molecule has 0 fully saturated rings. The standard InChI is InChI=1S/C25H24FN7S/c1-16(14-27)18-6-2-3-7-19(18)20-8-4-5-17-13-22(34-24(17)20)23-21(26)15-29-25(31-23)28-9-11-33-12-10-30-32-33/h2-8,10,12-13,15-16H,9,11,14,27H2,1H3,(H,28,29,31). The van der Waals surface area contributed by atoms with Crippen molar-refractivity contribution in [3.05, 3.63) is 78.5 Å². The molecule has 0 aliphatic rings. The molecule has 2 aromatic carbocycles. The lowest BCUT2D eigenvalue weighted by molar-refractivity contribution is 0.604. The van der Waals surface area contributed by atoms with Crippen molar-refractivity contribution in [3.63, 3.8) is 0 Å². The van der Waals surface area contributed by atoms with Crippen LogP contribution in [0.3, 0.4) is 0 Å². The van der Waals surface area contributed by atoms with Crippen molar-refractivity contribution >= 4 is 27.4 Å². The van der Waals surface area contributed by atoms with Crippen molar-refractivity contribution < 1.29 is 4.39 Å². The largest absolute Gasteiger partial charge is 0.352 e. The Bertz CT molecular complexity index is 1410. The molecule has 9 heteroatoms. The number of halogens is 1. The Morgan fingerprint density at radius 2 is 2.00 bits per heavy atom. The van der Waals surface area contributed by atoms with Crippen molar-refractivity contribution in [1.82, 2.24) is 25.0 Å². The Kier molecular flexibility index (Phi) is 6.29. The number of rotatable bonds is 8. The van der Waals surface area contributed by atoms with E-state index in [1.807, 2.05) is 30.3 Å². The molecule has 7 nitrogen and oxygen atoms in total. The van der Waals surface area contributed by atoms with Gasteiger partial charge in [0.1, 0.15) is 5.69 Å². The molecule has 0 saturated heterocycles. The van der Waals surface area contributed by atoms with E-state index in [4.69, 9.17) is 5.73 Å². The second-order valence-corrected chi connectivity index (χ2v) is 9.09. The Hall–Kier alpha value is -3.69. The third kappa shape index (κ3) is 4.40. The maximum atomic E-state index is 14.8. The molecule has 1 unspecified atom stereocenters. The number of fused-ring (bicyclic) bond motifs is 1. The van der Waals surface area contributed by atoms with E-state index in [9.17, 15) is 4.39 Å². The van der Waals surface area contributed by atoms with E-state index in [0.717, 1.165) is 26.1 Å². The topological polar surface area (TPSA) is 94.5 Å². The molecule has 172 valence electrons. The van der Waals surface area contributed by atoms with E-state index in [2.05, 4.69) is 50.7 Å². The van der Waals surface area contributed by atoms with Crippen molar-refractivity contribution in [3.8, 4) is 21.7 Å². The molecular formula is C25H24FN7S. The van der Waals surface area contributed by atoms with Crippen LogP contribution in [-0.2, 0) is 6.54 Å². The van der Waals surface area contributed by atoms with Crippen molar-refractivity contribution in [2.45, 2.75) is 19.4 Å². The number of nitrogens with zero attached hydrogens (tertiary/aromatic N) is 5. The summed E-state index contributed by atoms with van der Waals surface area (Å²) in [6.45, 7) is 3.85. The quantitative estimate of drug-likeness (QED) is 0.332. The predicted molar refractivity (Wildman–Crippen MR) is 134 cm³/mol. The van der Waals surface area contributed by atoms with E-state index in [1.54, 1.807) is 17.1 Å². The minimum absolute atomic E-state index is 0.233. The molecule has 3 aromatic heterocycles. The third-order valence-electron chi connectivity index (χ3n) is 5.75. The average molecular weight is 474 g/mol. The summed E-state index contributed by atoms with van der Waals surface area (Å²) in [6.07, 6.45) is 4.61. The van der Waals surface area contributed by atoms with Gasteiger partial charge in [0.2, 0.25) is 5.95 Å². The molecule has 5 rings (SSSR count). The van der Waals surface area contributed by atoms with Crippen molar-refractivity contribution in [2.75, 3.05) is 18.4 Å². The van der Waals surface area contributed by atoms with Gasteiger partial charge in [-0.3, -0.25) is 4.68 Å². The van der Waals surface area contributed by atoms with Gasteiger partial charge in [-0.2, -0.15) is 0 Å². The second kappa shape index (κ2) is 9.66. The van der Waals surface area contributed by atoms with E-state index >= 15 is 0 Å². The van der Waals surface area contributed by atoms with Crippen LogP contribution in [0, 0.1) is 5.82 Å². The zero-order chi connectivity index (χ0) is 23.5. The van der Waals surface area contributed by atoms with Crippen LogP contribution in [0.4, 0.5) is 10.3 Å². The first kappa shape index (κ1) is 22.1. The van der Waals surface area contributed by atoms with Gasteiger partial charge in [0.05, 0.1) is 23.8 Å². The number of nitrogens with two attached hydrogens (primary N) is 1. The fourth-order valence-corrected chi connectivity index (χ4v) is 5.13. The Morgan fingerprint density at radius 1 is 1.15 bits per heavy atom. The van der Waals surface area contributed by atoms with Crippen molar-refractivity contribution in [1.29, 1.82) is 0 Å². The summed E-state index contributed by atoms with van der Waals surface area (Å²) in [7, 11) is 0. The van der Waals surface area contributed by atoms with Crippen LogP contribution in [0.25, 0.3) is 31.8 Å². The Morgan fingerprint density at radius 3 is 2.82 bits per heavy atom. The molecule has 0 bridgehead atoms. The molecular weight excluding hydrogens is 449 g/mol. The van der Waals surface area contributed by atoms with E-state index in [1.165, 1.54) is 23.1 Å². The monoisotopic (exact) mass is 473 g/mol. The van der Waals surface area contributed by atoms with E-state index in [0.29, 0.717) is 25.6 Å². The van der Waals surface area contributed by atoms with Crippen LogP contribution in [0.2, 0.25) is 0 Å². The highest BCUT2D eigenvalue weighted by Crippen LogP contribution is 2.41. The smallest absolute Gasteiger partial charge is 0.223 e. The fourth-order valence-electron chi connectivity index (χ4n) is 3.95. The first-order chi connectivity index (χ1) is 16.6. The van der Waals surface area contributed by atoms with Crippen LogP contribution in [0.1, 0.15) is 18.4 Å². The first-order valence-corrected chi connectivity index (χ1v) is 11.9. The maximum Gasteiger partial charge on any atom is 0.223 e. The van der Waals surface area contributed by atoms with Crippen molar-refractivity contribution in [2.24, 2.45) is 5.73 Å². The number of aromatic nitrogens is 5. The molecule has 0 saturated carbocycles. The fraction of sp³-hybridized carbons (Fsp3) is 0.200. The summed E-state index contributed by atoms with van der Waals surface area (Å²) in [5, 5.41) is 11.9. The van der Waals surface area contributed by atoms with Crippen LogP contribution in [0.15, 0.2) is 67.1 Å². The van der Waals surface area contributed by atoms with Gasteiger partial charge in [-0.15, -0.1) is 16.4 Å². The number of nitrogens with one attached hydrogen (secondary N) is 1. The molecule has 0 radical (unpaired) electrons. The summed E-state index contributed by atoms with van der Waals surface area (Å²) in [5.74, 6) is 0.153. The van der Waals surface area contributed by atoms with Gasteiger partial charge in [0.25, 0.3) is 0 Å². The lowest BCUT2D eigenvalue weighted by Crippen LogP contribution is -2.13. The van der Waals surface area contributed by atoms with Crippen LogP contribution in [0.5, 0.6) is 0 Å². The molecule has 3 heterocycles. The lowest BCUT2D eigenvalue weighted by Gasteiger charge is -2.15. The van der Waals surface area contributed by atoms with Gasteiger partial charge >= 0.3 is 0 Å². The summed E-state index contributed by atoms with van der Waals surface area (Å²) >= 11 is 1.53. The average Bonchev–Trinajstić information content (AvgIpc) is 3.54. The highest BCUT2D eigenvalue weighted by molar-refractivity contribution is 7.22. The summed E-state index contributed by atoms with van der Waals surface area (Å²) < 4.78 is 17.6. The normalized spacial score (nSPS) is 12.2. The summed E-state index contributed by atoms with van der Waals surface area (Å²) in [5.41, 5.74) is 9.73. The minimum atomic E-state index is -0.452. The number of anilines is 1. The van der Waals surface area contributed by atoms with Crippen LogP contribution >= 0.6 is 11.3 Å². The predicted octanol–water partition coefficient (Wildman–Crippen LogP) is 4.93. The summed E-state index contributed by atoms with van der Waals surface area (Å²) in [6, 6.07) is 16.5. The van der Waals surface area contributed by atoms with Gasteiger partial charge in [0.15, 0.2) is 5.82 Å². The Balaban J connectivity index is 1.49. The van der Waals surface area contributed by atoms with Crippen LogP contribution in [-0.4, -0.2) is 38.1 Å². The van der Waals surface area contributed by atoms with Gasteiger partial charge in [0, 0.05) is 17.4 Å². The molecule has 0 amide bonds.